The molecule has 0 saturated heterocycles. The minimum Gasteiger partial charge on any atom is -0.503 e. The van der Waals surface area contributed by atoms with Gasteiger partial charge in [0.05, 0.1) is 16.5 Å². The maximum Gasteiger partial charge on any atom is 0.286 e. The van der Waals surface area contributed by atoms with Gasteiger partial charge in [0.25, 0.3) is 5.91 Å². The number of nitrogens with two attached hydrogens (primary N) is 1. The highest BCUT2D eigenvalue weighted by atomic mass is 35.5. The summed E-state index contributed by atoms with van der Waals surface area (Å²) < 4.78 is 5.26. The largest absolute Gasteiger partial charge is 0.503 e. The Bertz CT molecular complexity index is 599. The number of aromatic hydroxyl groups is 1. The Morgan fingerprint density at radius 3 is 2.89 bits per heavy atom. The van der Waals surface area contributed by atoms with Crippen molar-refractivity contribution in [1.29, 1.82) is 0 Å². The second-order valence-corrected chi connectivity index (χ2v) is 5.12. The van der Waals surface area contributed by atoms with Gasteiger partial charge in [0.2, 0.25) is 0 Å². The van der Waals surface area contributed by atoms with Crippen LogP contribution in [0.5, 0.6) is 11.5 Å². The Kier molecular flexibility index (Phi) is 4.01. The van der Waals surface area contributed by atoms with Crippen molar-refractivity contribution < 1.29 is 14.6 Å². The lowest BCUT2D eigenvalue weighted by Gasteiger charge is -2.08. The maximum atomic E-state index is 11.5. The predicted molar refractivity (Wildman–Crippen MR) is 76.5 cm³/mol. The van der Waals surface area contributed by atoms with Crippen LogP contribution in [0.15, 0.2) is 22.0 Å². The van der Waals surface area contributed by atoms with Crippen LogP contribution in [0.3, 0.4) is 0 Å². The van der Waals surface area contributed by atoms with Crippen molar-refractivity contribution in [3.05, 3.63) is 27.6 Å². The lowest BCUT2D eigenvalue weighted by molar-refractivity contribution is -0.113. The third-order valence-electron chi connectivity index (χ3n) is 2.29. The van der Waals surface area contributed by atoms with Gasteiger partial charge in [0, 0.05) is 0 Å². The number of rotatable bonds is 3. The van der Waals surface area contributed by atoms with Crippen molar-refractivity contribution in [2.24, 2.45) is 10.7 Å². The number of phenols is 1. The van der Waals surface area contributed by atoms with E-state index in [1.54, 1.807) is 19.1 Å². The van der Waals surface area contributed by atoms with Crippen LogP contribution in [-0.2, 0) is 4.79 Å². The van der Waals surface area contributed by atoms with E-state index in [2.05, 4.69) is 4.99 Å². The lowest BCUT2D eigenvalue weighted by Crippen LogP contribution is -2.01. The second-order valence-electron chi connectivity index (χ2n) is 3.65. The van der Waals surface area contributed by atoms with Crippen molar-refractivity contribution in [2.75, 3.05) is 6.61 Å². The smallest absolute Gasteiger partial charge is 0.286 e. The zero-order valence-electron chi connectivity index (χ0n) is 10.0. The van der Waals surface area contributed by atoms with Crippen LogP contribution in [0.4, 0.5) is 0 Å². The molecule has 1 aromatic rings. The van der Waals surface area contributed by atoms with Gasteiger partial charge in [-0.3, -0.25) is 4.79 Å². The third-order valence-corrected chi connectivity index (χ3v) is 3.39. The number of halogens is 1. The molecule has 0 bridgehead atoms. The van der Waals surface area contributed by atoms with E-state index in [1.807, 2.05) is 0 Å². The quantitative estimate of drug-likeness (QED) is 0.837. The van der Waals surface area contributed by atoms with Crippen molar-refractivity contribution in [3.8, 4) is 11.5 Å². The highest BCUT2D eigenvalue weighted by Gasteiger charge is 2.20. The van der Waals surface area contributed by atoms with Crippen molar-refractivity contribution in [1.82, 2.24) is 0 Å². The first-order valence-electron chi connectivity index (χ1n) is 5.44. The van der Waals surface area contributed by atoms with E-state index in [-0.39, 0.29) is 27.6 Å². The minimum atomic E-state index is -0.385. The van der Waals surface area contributed by atoms with Gasteiger partial charge in [-0.25, -0.2) is 0 Å². The van der Waals surface area contributed by atoms with E-state index < -0.39 is 0 Å². The van der Waals surface area contributed by atoms with Crippen molar-refractivity contribution in [3.63, 3.8) is 0 Å². The summed E-state index contributed by atoms with van der Waals surface area (Å²) in [6.45, 7) is 2.19. The highest BCUT2D eigenvalue weighted by molar-refractivity contribution is 8.18. The van der Waals surface area contributed by atoms with Crippen LogP contribution >= 0.6 is 23.4 Å². The predicted octanol–water partition coefficient (Wildman–Crippen LogP) is 2.37. The molecule has 1 amide bonds. The first-order valence-corrected chi connectivity index (χ1v) is 6.64. The lowest BCUT2D eigenvalue weighted by atomic mass is 10.2. The summed E-state index contributed by atoms with van der Waals surface area (Å²) in [7, 11) is 0. The molecule has 100 valence electrons. The van der Waals surface area contributed by atoms with Crippen LogP contribution in [0.2, 0.25) is 5.02 Å². The minimum absolute atomic E-state index is 0.119. The molecule has 0 aromatic heterocycles. The summed E-state index contributed by atoms with van der Waals surface area (Å²) in [5, 5.41) is 10.1. The van der Waals surface area contributed by atoms with E-state index in [1.165, 1.54) is 6.07 Å². The molecule has 0 radical (unpaired) electrons. The number of ether oxygens (including phenoxy) is 1. The Morgan fingerprint density at radius 2 is 2.32 bits per heavy atom. The molecule has 0 unspecified atom stereocenters. The van der Waals surface area contributed by atoms with Gasteiger partial charge in [-0.1, -0.05) is 11.6 Å². The molecule has 0 spiro atoms. The topological polar surface area (TPSA) is 84.9 Å². The van der Waals surface area contributed by atoms with Crippen LogP contribution in [0.25, 0.3) is 6.08 Å². The fourth-order valence-corrected chi connectivity index (χ4v) is 2.42. The van der Waals surface area contributed by atoms with E-state index in [9.17, 15) is 9.90 Å². The molecule has 1 aliphatic heterocycles. The van der Waals surface area contributed by atoms with Crippen LogP contribution in [-0.4, -0.2) is 22.8 Å². The first kappa shape index (κ1) is 13.8. The molecule has 2 rings (SSSR count). The fraction of sp³-hybridized carbons (Fsp3) is 0.167. The molecule has 1 heterocycles. The van der Waals surface area contributed by atoms with Gasteiger partial charge in [-0.15, -0.1) is 0 Å². The first-order chi connectivity index (χ1) is 9.01. The number of carbonyl (C=O) groups excluding carboxylic acids is 1. The van der Waals surface area contributed by atoms with Crippen LogP contribution in [0, 0.1) is 0 Å². The number of amidine groups is 1. The van der Waals surface area contributed by atoms with Gasteiger partial charge in [-0.2, -0.15) is 4.99 Å². The van der Waals surface area contributed by atoms with Gasteiger partial charge < -0.3 is 15.6 Å². The molecule has 0 aliphatic carbocycles. The van der Waals surface area contributed by atoms with Crippen LogP contribution < -0.4 is 10.5 Å². The third kappa shape index (κ3) is 3.02. The number of carbonyl (C=O) groups is 1. The van der Waals surface area contributed by atoms with E-state index in [0.29, 0.717) is 17.1 Å². The number of benzene rings is 1. The molecule has 7 heteroatoms. The number of phenolic OH excluding ortho intramolecular Hbond substituents is 1. The molecule has 1 aromatic carbocycles. The van der Waals surface area contributed by atoms with Crippen molar-refractivity contribution in [2.45, 2.75) is 6.92 Å². The number of hydrogen-bond donors (Lipinski definition) is 2. The number of hydrogen-bond acceptors (Lipinski definition) is 5. The summed E-state index contributed by atoms with van der Waals surface area (Å²) >= 11 is 6.99. The van der Waals surface area contributed by atoms with E-state index in [0.717, 1.165) is 11.8 Å². The van der Waals surface area contributed by atoms with Gasteiger partial charge in [0.1, 0.15) is 0 Å². The maximum absolute atomic E-state index is 11.5. The Balaban J connectivity index is 2.36. The average Bonchev–Trinajstić information content (AvgIpc) is 2.64. The molecular weight excluding hydrogens is 288 g/mol. The number of thioether (sulfide) groups is 1. The van der Waals surface area contributed by atoms with Crippen LogP contribution in [0.1, 0.15) is 12.5 Å². The zero-order valence-corrected chi connectivity index (χ0v) is 11.6. The highest BCUT2D eigenvalue weighted by Crippen LogP contribution is 2.37. The number of amides is 1. The summed E-state index contributed by atoms with van der Waals surface area (Å²) in [6.07, 6.45) is 1.60. The van der Waals surface area contributed by atoms with E-state index >= 15 is 0 Å². The SMILES string of the molecule is CCOc1cc(C=C2SC(N)=NC2=O)cc(Cl)c1O. The Morgan fingerprint density at radius 1 is 1.58 bits per heavy atom. The standard InChI is InChI=1S/C12H11ClN2O3S/c1-2-18-8-4-6(3-7(13)10(8)16)5-9-11(17)15-12(14)19-9/h3-5,16H,2H2,1H3,(H2,14,15,17). The van der Waals surface area contributed by atoms with E-state index in [4.69, 9.17) is 22.1 Å². The Hall–Kier alpha value is -1.66. The average molecular weight is 299 g/mol. The van der Waals surface area contributed by atoms with Gasteiger partial charge in [-0.05, 0) is 42.5 Å². The van der Waals surface area contributed by atoms with Gasteiger partial charge >= 0.3 is 0 Å². The second kappa shape index (κ2) is 5.54. The Labute approximate surface area is 119 Å². The summed E-state index contributed by atoms with van der Waals surface area (Å²) in [5.41, 5.74) is 6.09. The molecule has 3 N–H and O–H groups in total. The number of aliphatic imine (C=N–C) groups is 1. The summed E-state index contributed by atoms with van der Waals surface area (Å²) in [5.74, 6) is -0.234. The fourth-order valence-electron chi connectivity index (χ4n) is 1.52. The number of nitrogens with zero attached hydrogens (tertiary/aromatic N) is 1. The summed E-state index contributed by atoms with van der Waals surface area (Å²) in [6, 6.07) is 3.13. The molecule has 0 atom stereocenters. The molecule has 0 fully saturated rings. The monoisotopic (exact) mass is 298 g/mol. The molecule has 5 nitrogen and oxygen atoms in total. The van der Waals surface area contributed by atoms with Gasteiger partial charge in [0.15, 0.2) is 16.7 Å². The molecular formula is C12H11ClN2O3S. The molecule has 19 heavy (non-hydrogen) atoms. The molecule has 0 saturated carbocycles. The zero-order chi connectivity index (χ0) is 14.0. The molecule has 1 aliphatic rings. The normalized spacial score (nSPS) is 16.8. The summed E-state index contributed by atoms with van der Waals surface area (Å²) in [4.78, 5) is 15.5. The van der Waals surface area contributed by atoms with Crippen molar-refractivity contribution >= 4 is 40.5 Å².